The van der Waals surface area contributed by atoms with E-state index in [1.165, 1.54) is 12.1 Å². The fourth-order valence-electron chi connectivity index (χ4n) is 2.85. The lowest BCUT2D eigenvalue weighted by atomic mass is 10.2. The van der Waals surface area contributed by atoms with E-state index in [1.54, 1.807) is 60.0 Å². The first-order valence-electron chi connectivity index (χ1n) is 8.05. The van der Waals surface area contributed by atoms with Crippen LogP contribution in [0.3, 0.4) is 0 Å². The number of nitrogens with zero attached hydrogens (tertiary/aromatic N) is 2. The molecule has 0 saturated heterocycles. The molecule has 1 N–H and O–H groups in total. The van der Waals surface area contributed by atoms with Gasteiger partial charge < -0.3 is 10.1 Å². The van der Waals surface area contributed by atoms with Crippen LogP contribution in [0.4, 0.5) is 10.2 Å². The van der Waals surface area contributed by atoms with Gasteiger partial charge in [0.1, 0.15) is 17.4 Å². The number of rotatable bonds is 4. The van der Waals surface area contributed by atoms with Crippen molar-refractivity contribution >= 4 is 23.5 Å². The number of carbonyl (C=O) groups excluding carboxylic acids is 1. The van der Waals surface area contributed by atoms with E-state index in [-0.39, 0.29) is 11.7 Å². The molecule has 0 bridgehead atoms. The Bertz CT molecular complexity index is 969. The van der Waals surface area contributed by atoms with Crippen LogP contribution in [0.5, 0.6) is 5.75 Å². The number of fused-ring (bicyclic) bond motifs is 1. The molecule has 1 aliphatic heterocycles. The predicted molar refractivity (Wildman–Crippen MR) is 99.5 cm³/mol. The third-order valence-electron chi connectivity index (χ3n) is 4.19. The molecule has 26 heavy (non-hydrogen) atoms. The van der Waals surface area contributed by atoms with Crippen LogP contribution in [-0.2, 0) is 11.5 Å². The van der Waals surface area contributed by atoms with Gasteiger partial charge in [0.2, 0.25) is 0 Å². The lowest BCUT2D eigenvalue weighted by molar-refractivity contribution is 0.102. The molecule has 0 fully saturated rings. The number of hydrogen-bond acceptors (Lipinski definition) is 4. The maximum atomic E-state index is 13.3. The predicted octanol–water partition coefficient (Wildman–Crippen LogP) is 4.02. The van der Waals surface area contributed by atoms with Gasteiger partial charge in [-0.15, -0.1) is 0 Å². The Morgan fingerprint density at radius 2 is 2.04 bits per heavy atom. The molecule has 0 radical (unpaired) electrons. The number of nitrogens with one attached hydrogen (secondary N) is 1. The van der Waals surface area contributed by atoms with E-state index in [4.69, 9.17) is 4.74 Å². The standard InChI is InChI=1S/C19H16FN3O2S/c1-25-15-4-2-3-12(9-15)19(24)21-18-16-10-26-11-17(16)22-23(18)14-7-5-13(20)6-8-14/h2-9H,10-11H2,1H3,(H,21,24). The highest BCUT2D eigenvalue weighted by molar-refractivity contribution is 7.98. The molecule has 3 aromatic rings. The molecule has 1 amide bonds. The van der Waals surface area contributed by atoms with E-state index in [0.717, 1.165) is 22.8 Å². The summed E-state index contributed by atoms with van der Waals surface area (Å²) in [4.78, 5) is 12.7. The van der Waals surface area contributed by atoms with Crippen LogP contribution in [0.25, 0.3) is 5.69 Å². The zero-order chi connectivity index (χ0) is 18.1. The fraction of sp³-hybridized carbons (Fsp3) is 0.158. The van der Waals surface area contributed by atoms with Crippen molar-refractivity contribution in [2.45, 2.75) is 11.5 Å². The van der Waals surface area contributed by atoms with Crippen molar-refractivity contribution in [2.24, 2.45) is 0 Å². The first-order valence-corrected chi connectivity index (χ1v) is 9.21. The van der Waals surface area contributed by atoms with Gasteiger partial charge in [-0.1, -0.05) is 6.07 Å². The number of thioether (sulfide) groups is 1. The van der Waals surface area contributed by atoms with Crippen molar-refractivity contribution in [3.63, 3.8) is 0 Å². The number of methoxy groups -OCH3 is 1. The highest BCUT2D eigenvalue weighted by atomic mass is 32.2. The van der Waals surface area contributed by atoms with Crippen LogP contribution >= 0.6 is 11.8 Å². The van der Waals surface area contributed by atoms with Crippen molar-refractivity contribution in [3.05, 3.63) is 71.2 Å². The zero-order valence-electron chi connectivity index (χ0n) is 14.0. The maximum Gasteiger partial charge on any atom is 0.256 e. The maximum absolute atomic E-state index is 13.3. The lowest BCUT2D eigenvalue weighted by Gasteiger charge is -2.11. The number of benzene rings is 2. The smallest absolute Gasteiger partial charge is 0.256 e. The van der Waals surface area contributed by atoms with Gasteiger partial charge in [-0.3, -0.25) is 4.79 Å². The van der Waals surface area contributed by atoms with Gasteiger partial charge in [-0.25, -0.2) is 9.07 Å². The highest BCUT2D eigenvalue weighted by Crippen LogP contribution is 2.36. The van der Waals surface area contributed by atoms with E-state index >= 15 is 0 Å². The molecule has 5 nitrogen and oxygen atoms in total. The summed E-state index contributed by atoms with van der Waals surface area (Å²) in [6.45, 7) is 0. The summed E-state index contributed by atoms with van der Waals surface area (Å²) in [5.41, 5.74) is 3.15. The molecule has 132 valence electrons. The van der Waals surface area contributed by atoms with Crippen LogP contribution in [0, 0.1) is 5.82 Å². The third-order valence-corrected chi connectivity index (χ3v) is 5.16. The Hall–Kier alpha value is -2.80. The van der Waals surface area contributed by atoms with Gasteiger partial charge in [0, 0.05) is 22.6 Å². The van der Waals surface area contributed by atoms with Crippen LogP contribution in [0.2, 0.25) is 0 Å². The highest BCUT2D eigenvalue weighted by Gasteiger charge is 2.25. The van der Waals surface area contributed by atoms with Crippen molar-refractivity contribution in [1.82, 2.24) is 9.78 Å². The fourth-order valence-corrected chi connectivity index (χ4v) is 3.89. The molecular formula is C19H16FN3O2S. The molecule has 1 aliphatic rings. The number of carbonyl (C=O) groups is 1. The van der Waals surface area contributed by atoms with E-state index in [1.807, 2.05) is 0 Å². The molecule has 0 spiro atoms. The molecule has 4 rings (SSSR count). The minimum atomic E-state index is -0.314. The average Bonchev–Trinajstić information content (AvgIpc) is 3.25. The number of aromatic nitrogens is 2. The molecule has 2 aromatic carbocycles. The van der Waals surface area contributed by atoms with E-state index in [2.05, 4.69) is 10.4 Å². The number of ether oxygens (including phenoxy) is 1. The van der Waals surface area contributed by atoms with Crippen molar-refractivity contribution < 1.29 is 13.9 Å². The first kappa shape index (κ1) is 16.7. The Morgan fingerprint density at radius 3 is 2.81 bits per heavy atom. The Kier molecular flexibility index (Phi) is 4.38. The SMILES string of the molecule is COc1cccc(C(=O)Nc2c3c(nn2-c2ccc(F)cc2)CSC3)c1. The largest absolute Gasteiger partial charge is 0.497 e. The Morgan fingerprint density at radius 1 is 1.23 bits per heavy atom. The monoisotopic (exact) mass is 369 g/mol. The molecule has 1 aromatic heterocycles. The zero-order valence-corrected chi connectivity index (χ0v) is 14.8. The van der Waals surface area contributed by atoms with Gasteiger partial charge in [0.15, 0.2) is 0 Å². The van der Waals surface area contributed by atoms with E-state index < -0.39 is 0 Å². The minimum Gasteiger partial charge on any atom is -0.497 e. The molecule has 0 atom stereocenters. The second-order valence-corrected chi connectivity index (χ2v) is 6.83. The summed E-state index contributed by atoms with van der Waals surface area (Å²) >= 11 is 1.75. The Labute approximate surface area is 154 Å². The topological polar surface area (TPSA) is 56.1 Å². The number of halogens is 1. The summed E-state index contributed by atoms with van der Waals surface area (Å²) < 4.78 is 20.1. The van der Waals surface area contributed by atoms with Gasteiger partial charge in [-0.05, 0) is 42.5 Å². The van der Waals surface area contributed by atoms with Crippen LogP contribution in [-0.4, -0.2) is 22.8 Å². The lowest BCUT2D eigenvalue weighted by Crippen LogP contribution is -2.16. The second kappa shape index (κ2) is 6.84. The molecule has 0 aliphatic carbocycles. The number of anilines is 1. The third kappa shape index (κ3) is 3.06. The summed E-state index contributed by atoms with van der Waals surface area (Å²) in [6.07, 6.45) is 0. The van der Waals surface area contributed by atoms with Gasteiger partial charge >= 0.3 is 0 Å². The quantitative estimate of drug-likeness (QED) is 0.755. The molecule has 0 saturated carbocycles. The first-order chi connectivity index (χ1) is 12.7. The van der Waals surface area contributed by atoms with E-state index in [0.29, 0.717) is 22.8 Å². The van der Waals surface area contributed by atoms with E-state index in [9.17, 15) is 9.18 Å². The summed E-state index contributed by atoms with van der Waals surface area (Å²) in [7, 11) is 1.56. The average molecular weight is 369 g/mol. The molecule has 7 heteroatoms. The molecular weight excluding hydrogens is 353 g/mol. The van der Waals surface area contributed by atoms with Gasteiger partial charge in [0.05, 0.1) is 18.5 Å². The minimum absolute atomic E-state index is 0.244. The number of amides is 1. The van der Waals surface area contributed by atoms with Crippen LogP contribution in [0.1, 0.15) is 21.6 Å². The van der Waals surface area contributed by atoms with Crippen LogP contribution < -0.4 is 10.1 Å². The Balaban J connectivity index is 1.71. The second-order valence-electron chi connectivity index (χ2n) is 5.84. The summed E-state index contributed by atoms with van der Waals surface area (Å²) in [5, 5.41) is 7.58. The normalized spacial score (nSPS) is 12.7. The van der Waals surface area contributed by atoms with Crippen molar-refractivity contribution in [1.29, 1.82) is 0 Å². The van der Waals surface area contributed by atoms with Crippen molar-refractivity contribution in [2.75, 3.05) is 12.4 Å². The number of hydrogen-bond donors (Lipinski definition) is 1. The molecule has 0 unspecified atom stereocenters. The summed E-state index contributed by atoms with van der Waals surface area (Å²) in [5.74, 6) is 2.27. The molecule has 2 heterocycles. The van der Waals surface area contributed by atoms with Gasteiger partial charge in [-0.2, -0.15) is 16.9 Å². The van der Waals surface area contributed by atoms with Gasteiger partial charge in [0.25, 0.3) is 5.91 Å². The summed E-state index contributed by atoms with van der Waals surface area (Å²) in [6, 6.07) is 13.0. The van der Waals surface area contributed by atoms with Crippen LogP contribution in [0.15, 0.2) is 48.5 Å². The van der Waals surface area contributed by atoms with Crippen molar-refractivity contribution in [3.8, 4) is 11.4 Å².